The lowest BCUT2D eigenvalue weighted by Gasteiger charge is -2.07. The molecule has 0 unspecified atom stereocenters. The zero-order valence-corrected chi connectivity index (χ0v) is 16.9. The largest absolute Gasteiger partial charge is 0.506 e. The van der Waals surface area contributed by atoms with Crippen molar-refractivity contribution in [1.82, 2.24) is 4.98 Å². The summed E-state index contributed by atoms with van der Waals surface area (Å²) in [5, 5.41) is 20.2. The predicted octanol–water partition coefficient (Wildman–Crippen LogP) is 5.11. The van der Waals surface area contributed by atoms with E-state index in [-0.39, 0.29) is 11.1 Å². The van der Waals surface area contributed by atoms with Crippen molar-refractivity contribution in [2.45, 2.75) is 6.61 Å². The lowest BCUT2D eigenvalue weighted by Crippen LogP contribution is -2.02. The number of para-hydroxylation sites is 2. The van der Waals surface area contributed by atoms with Crippen LogP contribution in [0, 0.1) is 0 Å². The van der Waals surface area contributed by atoms with Crippen LogP contribution in [0.4, 0.5) is 0 Å². The summed E-state index contributed by atoms with van der Waals surface area (Å²) >= 11 is 0. The molecule has 4 aromatic rings. The van der Waals surface area contributed by atoms with E-state index >= 15 is 0 Å². The Bertz CT molecular complexity index is 1330. The van der Waals surface area contributed by atoms with Crippen molar-refractivity contribution in [3.8, 4) is 11.5 Å². The van der Waals surface area contributed by atoms with Gasteiger partial charge in [-0.2, -0.15) is 0 Å². The lowest BCUT2D eigenvalue weighted by molar-refractivity contribution is 0.0693. The Kier molecular flexibility index (Phi) is 5.94. The van der Waals surface area contributed by atoms with Crippen LogP contribution in [0.25, 0.3) is 17.0 Å². The third kappa shape index (κ3) is 4.65. The molecule has 158 valence electrons. The number of pyridine rings is 1. The molecule has 0 aliphatic heterocycles. The first-order chi connectivity index (χ1) is 15.5. The van der Waals surface area contributed by atoms with Gasteiger partial charge >= 0.3 is 5.97 Å². The van der Waals surface area contributed by atoms with Gasteiger partial charge in [0.15, 0.2) is 5.78 Å². The molecule has 6 heteroatoms. The molecule has 0 atom stereocenters. The average molecular weight is 425 g/mol. The van der Waals surface area contributed by atoms with E-state index in [1.165, 1.54) is 24.3 Å². The number of carbonyl (C=O) groups is 2. The number of phenols is 1. The first-order valence-electron chi connectivity index (χ1n) is 9.86. The van der Waals surface area contributed by atoms with Gasteiger partial charge in [0.05, 0.1) is 16.8 Å². The van der Waals surface area contributed by atoms with E-state index in [1.54, 1.807) is 30.3 Å². The number of aromatic carboxylic acids is 1. The molecule has 0 amide bonds. The first-order valence-corrected chi connectivity index (χ1v) is 9.86. The summed E-state index contributed by atoms with van der Waals surface area (Å²) in [5.41, 5.74) is 2.11. The zero-order valence-electron chi connectivity index (χ0n) is 16.9. The van der Waals surface area contributed by atoms with Gasteiger partial charge in [-0.15, -0.1) is 0 Å². The Hall–Kier alpha value is -4.45. The topological polar surface area (TPSA) is 96.7 Å². The maximum absolute atomic E-state index is 12.4. The van der Waals surface area contributed by atoms with Gasteiger partial charge in [-0.3, -0.25) is 4.79 Å². The minimum atomic E-state index is -1.30. The highest BCUT2D eigenvalue weighted by molar-refractivity contribution is 6.10. The number of nitrogens with zero attached hydrogens (tertiary/aromatic N) is 1. The highest BCUT2D eigenvalue weighted by Crippen LogP contribution is 2.24. The van der Waals surface area contributed by atoms with Crippen molar-refractivity contribution >= 4 is 28.7 Å². The van der Waals surface area contributed by atoms with E-state index in [9.17, 15) is 14.7 Å². The highest BCUT2D eigenvalue weighted by Gasteiger charge is 2.16. The molecule has 3 aromatic carbocycles. The van der Waals surface area contributed by atoms with E-state index in [0.29, 0.717) is 12.4 Å². The zero-order chi connectivity index (χ0) is 22.5. The molecule has 0 spiro atoms. The van der Waals surface area contributed by atoms with Crippen LogP contribution in [0.2, 0.25) is 0 Å². The van der Waals surface area contributed by atoms with Gasteiger partial charge in [-0.05, 0) is 48.0 Å². The van der Waals surface area contributed by atoms with Gasteiger partial charge < -0.3 is 14.9 Å². The molecule has 0 aliphatic rings. The quantitative estimate of drug-likeness (QED) is 0.315. The monoisotopic (exact) mass is 425 g/mol. The van der Waals surface area contributed by atoms with E-state index in [2.05, 4.69) is 4.98 Å². The molecule has 32 heavy (non-hydrogen) atoms. The molecule has 0 saturated carbocycles. The smallest absolute Gasteiger partial charge is 0.339 e. The van der Waals surface area contributed by atoms with Crippen LogP contribution in [-0.2, 0) is 6.61 Å². The number of carboxylic acid groups (broad SMARTS) is 1. The molecule has 0 saturated heterocycles. The second-order valence-corrected chi connectivity index (χ2v) is 7.06. The summed E-state index contributed by atoms with van der Waals surface area (Å²) in [6.45, 7) is 0.331. The lowest BCUT2D eigenvalue weighted by atomic mass is 10.0. The highest BCUT2D eigenvalue weighted by atomic mass is 16.5. The van der Waals surface area contributed by atoms with Crippen molar-refractivity contribution in [3.63, 3.8) is 0 Å². The minimum Gasteiger partial charge on any atom is -0.506 e. The van der Waals surface area contributed by atoms with Crippen LogP contribution < -0.4 is 4.74 Å². The fourth-order valence-corrected chi connectivity index (χ4v) is 3.20. The van der Waals surface area contributed by atoms with Crippen LogP contribution in [-0.4, -0.2) is 26.9 Å². The van der Waals surface area contributed by atoms with E-state index in [4.69, 9.17) is 9.84 Å². The number of aromatic hydroxyl groups is 1. The second kappa shape index (κ2) is 9.14. The molecule has 1 aromatic heterocycles. The summed E-state index contributed by atoms with van der Waals surface area (Å²) in [6.07, 6.45) is 2.87. The summed E-state index contributed by atoms with van der Waals surface area (Å²) in [5.74, 6) is -1.67. The average Bonchev–Trinajstić information content (AvgIpc) is 2.81. The van der Waals surface area contributed by atoms with Crippen LogP contribution in [0.1, 0.15) is 32.0 Å². The molecule has 2 N–H and O–H groups in total. The van der Waals surface area contributed by atoms with Crippen LogP contribution >= 0.6 is 0 Å². The summed E-state index contributed by atoms with van der Waals surface area (Å²) in [4.78, 5) is 28.0. The molecule has 0 aliphatic carbocycles. The number of hydrogen-bond acceptors (Lipinski definition) is 5. The van der Waals surface area contributed by atoms with Crippen molar-refractivity contribution in [2.75, 3.05) is 0 Å². The number of ketones is 1. The molecule has 6 nitrogen and oxygen atoms in total. The predicted molar refractivity (Wildman–Crippen MR) is 121 cm³/mol. The maximum Gasteiger partial charge on any atom is 0.339 e. The van der Waals surface area contributed by atoms with Crippen LogP contribution in [0.3, 0.4) is 0 Å². The Balaban J connectivity index is 1.40. The number of carboxylic acids is 1. The Labute approximate surface area is 184 Å². The second-order valence-electron chi connectivity index (χ2n) is 7.06. The van der Waals surface area contributed by atoms with Crippen molar-refractivity contribution < 1.29 is 24.5 Å². The van der Waals surface area contributed by atoms with E-state index in [1.807, 2.05) is 36.4 Å². The van der Waals surface area contributed by atoms with Gasteiger partial charge in [0.2, 0.25) is 0 Å². The Morgan fingerprint density at radius 3 is 2.41 bits per heavy atom. The summed E-state index contributed by atoms with van der Waals surface area (Å²) in [7, 11) is 0. The van der Waals surface area contributed by atoms with Gasteiger partial charge in [0.1, 0.15) is 23.7 Å². The van der Waals surface area contributed by atoms with E-state index < -0.39 is 17.5 Å². The fourth-order valence-electron chi connectivity index (χ4n) is 3.20. The Morgan fingerprint density at radius 1 is 0.875 bits per heavy atom. The summed E-state index contributed by atoms with van der Waals surface area (Å²) in [6, 6.07) is 23.0. The van der Waals surface area contributed by atoms with Crippen molar-refractivity contribution in [3.05, 3.63) is 107 Å². The molecule has 0 fully saturated rings. The Morgan fingerprint density at radius 2 is 1.62 bits per heavy atom. The first kappa shape index (κ1) is 20.8. The molecule has 0 radical (unpaired) electrons. The van der Waals surface area contributed by atoms with Gasteiger partial charge in [0, 0.05) is 5.39 Å². The van der Waals surface area contributed by atoms with Crippen LogP contribution in [0.15, 0.2) is 84.9 Å². The number of benzene rings is 3. The number of ether oxygens (including phenoxy) is 1. The van der Waals surface area contributed by atoms with Gasteiger partial charge in [-0.1, -0.05) is 48.5 Å². The van der Waals surface area contributed by atoms with Crippen molar-refractivity contribution in [2.24, 2.45) is 0 Å². The molecule has 0 bridgehead atoms. The van der Waals surface area contributed by atoms with E-state index in [0.717, 1.165) is 22.2 Å². The van der Waals surface area contributed by atoms with Crippen LogP contribution in [0.5, 0.6) is 11.5 Å². The van der Waals surface area contributed by atoms with Crippen molar-refractivity contribution in [1.29, 1.82) is 0 Å². The molecular formula is C26H19NO5. The normalized spacial score (nSPS) is 11.0. The number of allylic oxidation sites excluding steroid dienone is 1. The summed E-state index contributed by atoms with van der Waals surface area (Å²) < 4.78 is 5.80. The SMILES string of the molecule is O=C(O)c1cccc(C(=O)/C=C/c2ccc(OCc3ccc4ccccc4n3)cc2)c1O. The maximum atomic E-state index is 12.4. The third-order valence-electron chi connectivity index (χ3n) is 4.88. The number of rotatable bonds is 7. The fraction of sp³-hybridized carbons (Fsp3) is 0.0385. The number of aromatic nitrogens is 1. The number of carbonyl (C=O) groups excluding carboxylic acids is 1. The number of hydrogen-bond donors (Lipinski definition) is 2. The molecule has 4 rings (SSSR count). The van der Waals surface area contributed by atoms with Gasteiger partial charge in [-0.25, -0.2) is 9.78 Å². The third-order valence-corrected chi connectivity index (χ3v) is 4.88. The standard InChI is InChI=1S/C26H19NO5/c28-24(21-5-3-6-22(25(21)29)26(30)31)15-10-17-8-13-20(14-9-17)32-16-19-12-11-18-4-1-2-7-23(18)27-19/h1-15,29H,16H2,(H,30,31)/b15-10+. The minimum absolute atomic E-state index is 0.0658. The number of fused-ring (bicyclic) bond motifs is 1. The molecular weight excluding hydrogens is 406 g/mol. The van der Waals surface area contributed by atoms with Gasteiger partial charge in [0.25, 0.3) is 0 Å². The molecule has 1 heterocycles.